The predicted octanol–water partition coefficient (Wildman–Crippen LogP) is 3.73. The molecule has 1 fully saturated rings. The molecule has 0 saturated heterocycles. The van der Waals surface area contributed by atoms with Crippen LogP contribution < -0.4 is 10.1 Å². The van der Waals surface area contributed by atoms with E-state index in [2.05, 4.69) is 5.32 Å². The lowest BCUT2D eigenvalue weighted by atomic mass is 10.0. The number of rotatable bonds is 5. The molecule has 0 aliphatic heterocycles. The zero-order valence-electron chi connectivity index (χ0n) is 13.1. The molecule has 2 atom stereocenters. The molecule has 1 amide bonds. The standard InChI is InChI=1S/C19H19NO4/c21-12-13-3-1-4-14(9-13)15-5-2-6-17(10-15)24-18-8-7-16(11-18)20-19(22)23/h1-6,9-10,12,16,18,20H,7-8,11H2,(H,22,23)/t16-,18+/m1/s1. The van der Waals surface area contributed by atoms with Gasteiger partial charge in [0, 0.05) is 18.0 Å². The minimum absolute atomic E-state index is 0.0124. The molecule has 2 aromatic rings. The van der Waals surface area contributed by atoms with Gasteiger partial charge in [-0.2, -0.15) is 0 Å². The van der Waals surface area contributed by atoms with Crippen molar-refractivity contribution in [1.29, 1.82) is 0 Å². The summed E-state index contributed by atoms with van der Waals surface area (Å²) in [5, 5.41) is 11.3. The maximum atomic E-state index is 10.9. The summed E-state index contributed by atoms with van der Waals surface area (Å²) in [7, 11) is 0. The van der Waals surface area contributed by atoms with Crippen LogP contribution in [0, 0.1) is 0 Å². The van der Waals surface area contributed by atoms with Gasteiger partial charge in [0.15, 0.2) is 0 Å². The summed E-state index contributed by atoms with van der Waals surface area (Å²) in [6, 6.07) is 15.1. The predicted molar refractivity (Wildman–Crippen MR) is 90.5 cm³/mol. The highest BCUT2D eigenvalue weighted by Crippen LogP contribution is 2.28. The van der Waals surface area contributed by atoms with Gasteiger partial charge in [0.05, 0.1) is 0 Å². The summed E-state index contributed by atoms with van der Waals surface area (Å²) in [6.45, 7) is 0. The first-order chi connectivity index (χ1) is 11.6. The maximum absolute atomic E-state index is 10.9. The Morgan fingerprint density at radius 3 is 2.62 bits per heavy atom. The Labute approximate surface area is 140 Å². The molecule has 1 aliphatic rings. The molecule has 0 unspecified atom stereocenters. The number of carbonyl (C=O) groups excluding carboxylic acids is 1. The minimum Gasteiger partial charge on any atom is -0.490 e. The van der Waals surface area contributed by atoms with Crippen molar-refractivity contribution in [2.24, 2.45) is 0 Å². The zero-order chi connectivity index (χ0) is 16.9. The van der Waals surface area contributed by atoms with Crippen LogP contribution in [0.5, 0.6) is 5.75 Å². The van der Waals surface area contributed by atoms with E-state index < -0.39 is 6.09 Å². The van der Waals surface area contributed by atoms with Crippen molar-refractivity contribution >= 4 is 12.4 Å². The maximum Gasteiger partial charge on any atom is 0.404 e. The number of amides is 1. The summed E-state index contributed by atoms with van der Waals surface area (Å²) in [5.41, 5.74) is 2.58. The molecular weight excluding hydrogens is 306 g/mol. The van der Waals surface area contributed by atoms with Crippen LogP contribution in [0.3, 0.4) is 0 Å². The first kappa shape index (κ1) is 16.1. The van der Waals surface area contributed by atoms with Crippen LogP contribution in [0.1, 0.15) is 29.6 Å². The topological polar surface area (TPSA) is 75.6 Å². The van der Waals surface area contributed by atoms with Crippen molar-refractivity contribution in [1.82, 2.24) is 5.32 Å². The number of hydrogen-bond donors (Lipinski definition) is 2. The van der Waals surface area contributed by atoms with Gasteiger partial charge in [-0.3, -0.25) is 4.79 Å². The van der Waals surface area contributed by atoms with E-state index in [1.807, 2.05) is 42.5 Å². The molecule has 24 heavy (non-hydrogen) atoms. The van der Waals surface area contributed by atoms with Crippen molar-refractivity contribution in [2.45, 2.75) is 31.4 Å². The Morgan fingerprint density at radius 1 is 1.12 bits per heavy atom. The molecule has 0 aromatic heterocycles. The Balaban J connectivity index is 1.69. The molecule has 0 spiro atoms. The molecule has 0 bridgehead atoms. The summed E-state index contributed by atoms with van der Waals surface area (Å²) < 4.78 is 6.00. The van der Waals surface area contributed by atoms with Crippen LogP contribution >= 0.6 is 0 Å². The molecule has 1 saturated carbocycles. The molecular formula is C19H19NO4. The highest BCUT2D eigenvalue weighted by molar-refractivity contribution is 5.79. The molecule has 2 N–H and O–H groups in total. The monoisotopic (exact) mass is 325 g/mol. The van der Waals surface area contributed by atoms with Crippen LogP contribution in [0.2, 0.25) is 0 Å². The van der Waals surface area contributed by atoms with E-state index in [4.69, 9.17) is 9.84 Å². The van der Waals surface area contributed by atoms with Crippen LogP contribution in [-0.2, 0) is 0 Å². The van der Waals surface area contributed by atoms with Gasteiger partial charge in [-0.15, -0.1) is 0 Å². The molecule has 1 aliphatic carbocycles. The second kappa shape index (κ2) is 7.17. The fourth-order valence-electron chi connectivity index (χ4n) is 3.09. The van der Waals surface area contributed by atoms with E-state index in [9.17, 15) is 9.59 Å². The van der Waals surface area contributed by atoms with Crippen molar-refractivity contribution in [3.05, 3.63) is 54.1 Å². The number of nitrogens with one attached hydrogen (secondary N) is 1. The van der Waals surface area contributed by atoms with Gasteiger partial charge in [-0.05, 0) is 42.2 Å². The average molecular weight is 325 g/mol. The molecule has 0 radical (unpaired) electrons. The summed E-state index contributed by atoms with van der Waals surface area (Å²) in [5.74, 6) is 0.755. The Bertz CT molecular complexity index is 744. The Hall–Kier alpha value is -2.82. The first-order valence-electron chi connectivity index (χ1n) is 7.96. The van der Waals surface area contributed by atoms with E-state index in [1.54, 1.807) is 6.07 Å². The average Bonchev–Trinajstić information content (AvgIpc) is 3.01. The van der Waals surface area contributed by atoms with Crippen molar-refractivity contribution in [2.75, 3.05) is 0 Å². The van der Waals surface area contributed by atoms with E-state index >= 15 is 0 Å². The largest absolute Gasteiger partial charge is 0.490 e. The van der Waals surface area contributed by atoms with Crippen LogP contribution in [-0.4, -0.2) is 29.6 Å². The second-order valence-electron chi connectivity index (χ2n) is 5.97. The number of carbonyl (C=O) groups is 2. The van der Waals surface area contributed by atoms with Gasteiger partial charge < -0.3 is 15.2 Å². The van der Waals surface area contributed by atoms with Crippen LogP contribution in [0.4, 0.5) is 4.79 Å². The normalized spacial score (nSPS) is 19.7. The molecule has 5 heteroatoms. The highest BCUT2D eigenvalue weighted by atomic mass is 16.5. The van der Waals surface area contributed by atoms with Crippen molar-refractivity contribution < 1.29 is 19.4 Å². The van der Waals surface area contributed by atoms with Crippen molar-refractivity contribution in [3.8, 4) is 16.9 Å². The first-order valence-corrected chi connectivity index (χ1v) is 7.96. The van der Waals surface area contributed by atoms with Crippen molar-refractivity contribution in [3.63, 3.8) is 0 Å². The van der Waals surface area contributed by atoms with Gasteiger partial charge in [0.2, 0.25) is 0 Å². The molecule has 3 rings (SSSR count). The molecule has 0 heterocycles. The van der Waals surface area contributed by atoms with E-state index in [1.165, 1.54) is 0 Å². The van der Waals surface area contributed by atoms with Crippen LogP contribution in [0.15, 0.2) is 48.5 Å². The molecule has 5 nitrogen and oxygen atoms in total. The third-order valence-corrected chi connectivity index (χ3v) is 4.20. The lowest BCUT2D eigenvalue weighted by Crippen LogP contribution is -2.32. The van der Waals surface area contributed by atoms with Gasteiger partial charge in [0.25, 0.3) is 0 Å². The summed E-state index contributed by atoms with van der Waals surface area (Å²) >= 11 is 0. The Kier molecular flexibility index (Phi) is 4.79. The van der Waals surface area contributed by atoms with E-state index in [-0.39, 0.29) is 12.1 Å². The van der Waals surface area contributed by atoms with E-state index in [0.29, 0.717) is 12.0 Å². The number of hydrogen-bond acceptors (Lipinski definition) is 3. The van der Waals surface area contributed by atoms with Gasteiger partial charge in [0.1, 0.15) is 18.1 Å². The Morgan fingerprint density at radius 2 is 1.88 bits per heavy atom. The summed E-state index contributed by atoms with van der Waals surface area (Å²) in [4.78, 5) is 21.6. The summed E-state index contributed by atoms with van der Waals surface area (Å²) in [6.07, 6.45) is 2.15. The minimum atomic E-state index is -0.988. The second-order valence-corrected chi connectivity index (χ2v) is 5.97. The quantitative estimate of drug-likeness (QED) is 0.821. The highest BCUT2D eigenvalue weighted by Gasteiger charge is 2.27. The van der Waals surface area contributed by atoms with Gasteiger partial charge in [-0.1, -0.05) is 30.3 Å². The number of ether oxygens (including phenoxy) is 1. The lowest BCUT2D eigenvalue weighted by molar-refractivity contribution is 0.112. The van der Waals surface area contributed by atoms with E-state index in [0.717, 1.165) is 36.0 Å². The smallest absolute Gasteiger partial charge is 0.404 e. The lowest BCUT2D eigenvalue weighted by Gasteiger charge is -2.15. The molecule has 124 valence electrons. The number of aldehydes is 1. The third kappa shape index (κ3) is 3.93. The fourth-order valence-corrected chi connectivity index (χ4v) is 3.09. The fraction of sp³-hybridized carbons (Fsp3) is 0.263. The third-order valence-electron chi connectivity index (χ3n) is 4.20. The number of benzene rings is 2. The SMILES string of the molecule is O=Cc1cccc(-c2cccc(O[C@H]3CC[C@@H](NC(=O)O)C3)c2)c1. The van der Waals surface area contributed by atoms with Gasteiger partial charge >= 0.3 is 6.09 Å². The zero-order valence-corrected chi connectivity index (χ0v) is 13.1. The van der Waals surface area contributed by atoms with Crippen LogP contribution in [0.25, 0.3) is 11.1 Å². The number of carboxylic acid groups (broad SMARTS) is 1. The molecule has 2 aromatic carbocycles. The van der Waals surface area contributed by atoms with Gasteiger partial charge in [-0.25, -0.2) is 4.79 Å².